The molecule has 1 aliphatic rings. The van der Waals surface area contributed by atoms with Crippen molar-refractivity contribution in [3.05, 3.63) is 35.6 Å². The summed E-state index contributed by atoms with van der Waals surface area (Å²) in [5.41, 5.74) is 0.561. The van der Waals surface area contributed by atoms with Crippen LogP contribution in [0.1, 0.15) is 71.3 Å². The minimum atomic E-state index is -0.722. The summed E-state index contributed by atoms with van der Waals surface area (Å²) in [6.45, 7) is 8.76. The third-order valence-corrected chi connectivity index (χ3v) is 6.35. The number of piperidine rings is 1. The lowest BCUT2D eigenvalue weighted by Crippen LogP contribution is -2.57. The van der Waals surface area contributed by atoms with Crippen molar-refractivity contribution < 1.29 is 24.0 Å². The second-order valence-corrected chi connectivity index (χ2v) is 10.0. The fourth-order valence-electron chi connectivity index (χ4n) is 4.28. The maximum atomic E-state index is 13.4. The molecule has 3 amide bonds. The van der Waals surface area contributed by atoms with Crippen molar-refractivity contribution in [3.8, 4) is 0 Å². The normalized spacial score (nSPS) is 16.7. The van der Waals surface area contributed by atoms with Crippen molar-refractivity contribution in [2.24, 2.45) is 11.3 Å². The molecule has 2 atom stereocenters. The predicted molar refractivity (Wildman–Crippen MR) is 124 cm³/mol. The smallest absolute Gasteiger partial charge is 0.245 e. The second-order valence-electron chi connectivity index (χ2n) is 10.0. The molecule has 8 heteroatoms. The lowest BCUT2D eigenvalue weighted by molar-refractivity contribution is -0.155. The van der Waals surface area contributed by atoms with E-state index in [0.29, 0.717) is 24.6 Å². The average Bonchev–Trinajstić information content (AvgIpc) is 2.79. The zero-order valence-corrected chi connectivity index (χ0v) is 20.2. The molecule has 1 aliphatic heterocycles. The van der Waals surface area contributed by atoms with E-state index in [1.807, 2.05) is 27.7 Å². The van der Waals surface area contributed by atoms with Gasteiger partial charge in [0.05, 0.1) is 12.5 Å². The summed E-state index contributed by atoms with van der Waals surface area (Å²) < 4.78 is 13.2. The Morgan fingerprint density at radius 1 is 1.24 bits per heavy atom. The molecule has 184 valence electrons. The van der Waals surface area contributed by atoms with Crippen LogP contribution in [0.5, 0.6) is 0 Å². The molecule has 0 saturated carbocycles. The van der Waals surface area contributed by atoms with E-state index >= 15 is 0 Å². The van der Waals surface area contributed by atoms with E-state index in [0.717, 1.165) is 31.2 Å². The largest absolute Gasteiger partial charge is 0.344 e. The van der Waals surface area contributed by atoms with Gasteiger partial charge in [-0.15, -0.1) is 0 Å². The fourth-order valence-corrected chi connectivity index (χ4v) is 4.28. The molecule has 0 radical (unpaired) electrons. The van der Waals surface area contributed by atoms with Crippen LogP contribution in [0, 0.1) is 17.2 Å². The molecule has 0 unspecified atom stereocenters. The van der Waals surface area contributed by atoms with Gasteiger partial charge in [0.15, 0.2) is 0 Å². The molecule has 1 aromatic carbocycles. The van der Waals surface area contributed by atoms with Crippen molar-refractivity contribution in [1.29, 1.82) is 0 Å². The molecule has 33 heavy (non-hydrogen) atoms. The minimum Gasteiger partial charge on any atom is -0.344 e. The number of nitrogens with one attached hydrogen (secondary N) is 1. The molecular weight excluding hydrogens is 425 g/mol. The van der Waals surface area contributed by atoms with Crippen molar-refractivity contribution in [1.82, 2.24) is 15.3 Å². The quantitative estimate of drug-likeness (QED) is 0.314. The molecule has 0 spiro atoms. The summed E-state index contributed by atoms with van der Waals surface area (Å²) in [4.78, 5) is 39.1. The van der Waals surface area contributed by atoms with Gasteiger partial charge in [0.25, 0.3) is 0 Å². The Bertz CT molecular complexity index is 786. The summed E-state index contributed by atoms with van der Waals surface area (Å²) in [5.74, 6) is -1.04. The van der Waals surface area contributed by atoms with Gasteiger partial charge in [-0.1, -0.05) is 52.7 Å². The summed E-state index contributed by atoms with van der Waals surface area (Å²) in [5, 5.41) is 13.0. The van der Waals surface area contributed by atoms with Crippen molar-refractivity contribution in [3.63, 3.8) is 0 Å². The lowest BCUT2D eigenvalue weighted by atomic mass is 9.84. The third-order valence-electron chi connectivity index (χ3n) is 6.35. The van der Waals surface area contributed by atoms with Crippen LogP contribution in [-0.2, 0) is 14.4 Å². The summed E-state index contributed by atoms with van der Waals surface area (Å²) in [6, 6.07) is 5.81. The number of amides is 3. The highest BCUT2D eigenvalue weighted by Gasteiger charge is 2.38. The minimum absolute atomic E-state index is 0.108. The molecule has 7 nitrogen and oxygen atoms in total. The Balaban J connectivity index is 2.06. The number of halogens is 1. The maximum Gasteiger partial charge on any atom is 0.245 e. The number of carbonyl (C=O) groups is 3. The Morgan fingerprint density at radius 2 is 1.85 bits per heavy atom. The van der Waals surface area contributed by atoms with Crippen LogP contribution < -0.4 is 5.32 Å². The standard InChI is InChI=1S/C25H38FN3O4/c1-5-6-7-20(16-29(33)17-30)23(31)27-22(25(2,3)4)24(32)28-14-12-19(13-15-28)18-8-10-21(26)11-9-18/h8-11,17,19-20,22,33H,5-7,12-16H2,1-4H3,(H,27,31)/t20-,22-/m1/s1. The van der Waals surface area contributed by atoms with Crippen molar-refractivity contribution >= 4 is 18.2 Å². The molecule has 1 heterocycles. The zero-order chi connectivity index (χ0) is 24.6. The van der Waals surface area contributed by atoms with E-state index in [2.05, 4.69) is 5.32 Å². The highest BCUT2D eigenvalue weighted by Crippen LogP contribution is 2.30. The number of benzene rings is 1. The zero-order valence-electron chi connectivity index (χ0n) is 20.2. The Morgan fingerprint density at radius 3 is 2.36 bits per heavy atom. The molecule has 2 N–H and O–H groups in total. The van der Waals surface area contributed by atoms with E-state index in [-0.39, 0.29) is 36.5 Å². The highest BCUT2D eigenvalue weighted by atomic mass is 19.1. The van der Waals surface area contributed by atoms with Crippen LogP contribution in [0.3, 0.4) is 0 Å². The van der Waals surface area contributed by atoms with Gasteiger partial charge in [-0.05, 0) is 48.3 Å². The molecule has 1 fully saturated rings. The summed E-state index contributed by atoms with van der Waals surface area (Å²) >= 11 is 0. The molecule has 0 aliphatic carbocycles. The van der Waals surface area contributed by atoms with Crippen LogP contribution in [0.2, 0.25) is 0 Å². The Hall–Kier alpha value is -2.48. The van der Waals surface area contributed by atoms with Gasteiger partial charge >= 0.3 is 0 Å². The molecule has 0 aromatic heterocycles. The first-order chi connectivity index (χ1) is 15.6. The monoisotopic (exact) mass is 463 g/mol. The number of unbranched alkanes of at least 4 members (excludes halogenated alkanes) is 1. The first-order valence-electron chi connectivity index (χ1n) is 11.8. The van der Waals surface area contributed by atoms with E-state index in [1.165, 1.54) is 12.1 Å². The second kappa shape index (κ2) is 12.1. The molecule has 0 bridgehead atoms. The summed E-state index contributed by atoms with van der Waals surface area (Å²) in [7, 11) is 0. The van der Waals surface area contributed by atoms with E-state index in [9.17, 15) is 24.0 Å². The van der Waals surface area contributed by atoms with Gasteiger partial charge < -0.3 is 10.2 Å². The van der Waals surface area contributed by atoms with Gasteiger partial charge in [0.2, 0.25) is 18.2 Å². The van der Waals surface area contributed by atoms with Crippen LogP contribution in [0.25, 0.3) is 0 Å². The SMILES string of the molecule is CCCC[C@H](CN(O)C=O)C(=O)N[C@H](C(=O)N1CCC(c2ccc(F)cc2)CC1)C(C)(C)C. The van der Waals surface area contributed by atoms with E-state index in [1.54, 1.807) is 17.0 Å². The number of hydrogen-bond donors (Lipinski definition) is 2. The molecule has 1 aromatic rings. The number of nitrogens with zero attached hydrogens (tertiary/aromatic N) is 2. The number of carbonyl (C=O) groups excluding carboxylic acids is 3. The van der Waals surface area contributed by atoms with Crippen LogP contribution >= 0.6 is 0 Å². The fraction of sp³-hybridized carbons (Fsp3) is 0.640. The van der Waals surface area contributed by atoms with Gasteiger partial charge in [-0.25, -0.2) is 9.45 Å². The van der Waals surface area contributed by atoms with Crippen LogP contribution in [-0.4, -0.2) is 59.1 Å². The Labute approximate surface area is 196 Å². The van der Waals surface area contributed by atoms with Gasteiger partial charge in [-0.2, -0.15) is 0 Å². The van der Waals surface area contributed by atoms with E-state index < -0.39 is 17.4 Å². The molecular formula is C25H38FN3O4. The topological polar surface area (TPSA) is 90.0 Å². The average molecular weight is 464 g/mol. The number of likely N-dealkylation sites (tertiary alicyclic amines) is 1. The highest BCUT2D eigenvalue weighted by molar-refractivity contribution is 5.89. The van der Waals surface area contributed by atoms with E-state index in [4.69, 9.17) is 0 Å². The van der Waals surface area contributed by atoms with Gasteiger partial charge in [-0.3, -0.25) is 19.6 Å². The first kappa shape index (κ1) is 26.8. The van der Waals surface area contributed by atoms with Crippen molar-refractivity contribution in [2.75, 3.05) is 19.6 Å². The van der Waals surface area contributed by atoms with Crippen molar-refractivity contribution in [2.45, 2.75) is 71.8 Å². The maximum absolute atomic E-state index is 13.4. The molecule has 2 rings (SSSR count). The number of hydrogen-bond acceptors (Lipinski definition) is 4. The van der Waals surface area contributed by atoms with Crippen LogP contribution in [0.15, 0.2) is 24.3 Å². The number of rotatable bonds is 10. The predicted octanol–water partition coefficient (Wildman–Crippen LogP) is 3.72. The Kier molecular flexibility index (Phi) is 9.83. The van der Waals surface area contributed by atoms with Gasteiger partial charge in [0.1, 0.15) is 11.9 Å². The van der Waals surface area contributed by atoms with Gasteiger partial charge in [0, 0.05) is 13.1 Å². The first-order valence-corrected chi connectivity index (χ1v) is 11.8. The summed E-state index contributed by atoms with van der Waals surface area (Å²) in [6.07, 6.45) is 4.00. The van der Waals surface area contributed by atoms with Crippen LogP contribution in [0.4, 0.5) is 4.39 Å². The molecule has 1 saturated heterocycles. The third kappa shape index (κ3) is 7.81. The lowest BCUT2D eigenvalue weighted by Gasteiger charge is -2.39. The number of hydroxylamine groups is 2.